The Kier molecular flexibility index (Phi) is 5.24. The predicted octanol–water partition coefficient (Wildman–Crippen LogP) is 3.56. The number of anilines is 2. The Balaban J connectivity index is 1.48. The molecule has 0 atom stereocenters. The molecule has 8 heteroatoms. The van der Waals surface area contributed by atoms with Gasteiger partial charge in [0.2, 0.25) is 0 Å². The van der Waals surface area contributed by atoms with Crippen LogP contribution in [0.4, 0.5) is 15.9 Å². The Morgan fingerprint density at radius 2 is 1.86 bits per heavy atom. The molecule has 3 aromatic rings. The van der Waals surface area contributed by atoms with E-state index in [2.05, 4.69) is 20.6 Å². The average molecular weight is 394 g/mol. The summed E-state index contributed by atoms with van der Waals surface area (Å²) in [5, 5.41) is 5.83. The molecule has 0 spiro atoms. The van der Waals surface area contributed by atoms with Gasteiger partial charge in [-0.2, -0.15) is 0 Å². The van der Waals surface area contributed by atoms with E-state index in [4.69, 9.17) is 9.47 Å². The fraction of sp³-hybridized carbons (Fsp3) is 0.190. The highest BCUT2D eigenvalue weighted by Gasteiger charge is 2.15. The number of carbonyl (C=O) groups is 1. The fourth-order valence-electron chi connectivity index (χ4n) is 2.92. The molecule has 1 amide bonds. The van der Waals surface area contributed by atoms with E-state index >= 15 is 0 Å². The maximum Gasteiger partial charge on any atom is 0.274 e. The van der Waals surface area contributed by atoms with Crippen molar-refractivity contribution < 1.29 is 18.7 Å². The van der Waals surface area contributed by atoms with Gasteiger partial charge in [0.25, 0.3) is 5.91 Å². The van der Waals surface area contributed by atoms with Crippen molar-refractivity contribution in [3.63, 3.8) is 0 Å². The average Bonchev–Trinajstić information content (AvgIpc) is 2.73. The first-order chi connectivity index (χ1) is 14.1. The number of benzene rings is 2. The van der Waals surface area contributed by atoms with Gasteiger partial charge in [-0.3, -0.25) is 4.79 Å². The maximum atomic E-state index is 13.8. The van der Waals surface area contributed by atoms with Gasteiger partial charge in [-0.15, -0.1) is 0 Å². The van der Waals surface area contributed by atoms with Crippen LogP contribution in [0.2, 0.25) is 0 Å². The fourth-order valence-corrected chi connectivity index (χ4v) is 2.92. The summed E-state index contributed by atoms with van der Waals surface area (Å²) in [6.07, 6.45) is 0. The van der Waals surface area contributed by atoms with Crippen molar-refractivity contribution in [3.05, 3.63) is 71.4 Å². The van der Waals surface area contributed by atoms with Gasteiger partial charge in [0, 0.05) is 29.9 Å². The number of nitrogens with zero attached hydrogens (tertiary/aromatic N) is 2. The molecule has 1 aliphatic heterocycles. The van der Waals surface area contributed by atoms with Crippen LogP contribution in [0, 0.1) is 12.7 Å². The molecular formula is C21H19FN4O3. The molecule has 0 saturated heterocycles. The maximum absolute atomic E-state index is 13.8. The van der Waals surface area contributed by atoms with E-state index in [9.17, 15) is 9.18 Å². The van der Waals surface area contributed by atoms with E-state index < -0.39 is 0 Å². The normalized spacial score (nSPS) is 12.3. The lowest BCUT2D eigenvalue weighted by molar-refractivity contribution is 0.102. The lowest BCUT2D eigenvalue weighted by Gasteiger charge is -2.19. The molecule has 2 N–H and O–H groups in total. The van der Waals surface area contributed by atoms with Crippen LogP contribution in [0.3, 0.4) is 0 Å². The molecule has 148 valence electrons. The van der Waals surface area contributed by atoms with E-state index in [-0.39, 0.29) is 24.0 Å². The highest BCUT2D eigenvalue weighted by molar-refractivity contribution is 6.03. The van der Waals surface area contributed by atoms with Crippen molar-refractivity contribution in [2.24, 2.45) is 0 Å². The number of amides is 1. The van der Waals surface area contributed by atoms with Crippen molar-refractivity contribution in [2.75, 3.05) is 23.8 Å². The first-order valence-electron chi connectivity index (χ1n) is 9.12. The van der Waals surface area contributed by atoms with Gasteiger partial charge >= 0.3 is 0 Å². The zero-order valence-corrected chi connectivity index (χ0v) is 15.7. The number of hydrogen-bond acceptors (Lipinski definition) is 6. The summed E-state index contributed by atoms with van der Waals surface area (Å²) in [4.78, 5) is 21.1. The number of nitrogens with one attached hydrogen (secondary N) is 2. The van der Waals surface area contributed by atoms with Crippen LogP contribution in [0.25, 0.3) is 0 Å². The van der Waals surface area contributed by atoms with Crippen LogP contribution in [-0.4, -0.2) is 29.1 Å². The molecule has 0 unspecified atom stereocenters. The number of hydrogen-bond donors (Lipinski definition) is 2. The van der Waals surface area contributed by atoms with Crippen molar-refractivity contribution in [3.8, 4) is 11.5 Å². The summed E-state index contributed by atoms with van der Waals surface area (Å²) >= 11 is 0. The van der Waals surface area contributed by atoms with Gasteiger partial charge in [-0.05, 0) is 25.1 Å². The minimum Gasteiger partial charge on any atom is -0.486 e. The second-order valence-corrected chi connectivity index (χ2v) is 6.44. The molecule has 4 rings (SSSR count). The molecule has 2 heterocycles. The monoisotopic (exact) mass is 394 g/mol. The van der Waals surface area contributed by atoms with E-state index in [1.54, 1.807) is 43.3 Å². The number of ether oxygens (including phenoxy) is 2. The first-order valence-corrected chi connectivity index (χ1v) is 9.12. The lowest BCUT2D eigenvalue weighted by atomic mass is 10.2. The van der Waals surface area contributed by atoms with Crippen LogP contribution in [-0.2, 0) is 6.54 Å². The molecule has 0 fully saturated rings. The number of aryl methyl sites for hydroxylation is 1. The minimum atomic E-state index is -0.388. The Morgan fingerprint density at radius 3 is 2.69 bits per heavy atom. The van der Waals surface area contributed by atoms with Gasteiger partial charge in [0.1, 0.15) is 36.4 Å². The first kappa shape index (κ1) is 18.7. The Labute approximate surface area is 166 Å². The Morgan fingerprint density at radius 1 is 1.07 bits per heavy atom. The minimum absolute atomic E-state index is 0.198. The largest absolute Gasteiger partial charge is 0.486 e. The number of halogens is 1. The second kappa shape index (κ2) is 8.14. The Hall–Kier alpha value is -3.68. The zero-order chi connectivity index (χ0) is 20.2. The topological polar surface area (TPSA) is 85.4 Å². The highest BCUT2D eigenvalue weighted by Crippen LogP contribution is 2.32. The second-order valence-electron chi connectivity index (χ2n) is 6.44. The SMILES string of the molecule is Cc1nc(NCc2ccccc2F)cc(C(=O)Nc2ccc3c(c2)OCCO3)n1. The summed E-state index contributed by atoms with van der Waals surface area (Å²) in [7, 11) is 0. The molecule has 0 bridgehead atoms. The van der Waals surface area contributed by atoms with Gasteiger partial charge in [-0.25, -0.2) is 14.4 Å². The number of fused-ring (bicyclic) bond motifs is 1. The molecule has 0 saturated carbocycles. The van der Waals surface area contributed by atoms with Gasteiger partial charge in [-0.1, -0.05) is 18.2 Å². The summed E-state index contributed by atoms with van der Waals surface area (Å²) < 4.78 is 24.8. The molecule has 29 heavy (non-hydrogen) atoms. The van der Waals surface area contributed by atoms with Crippen molar-refractivity contribution >= 4 is 17.4 Å². The van der Waals surface area contributed by atoms with Crippen LogP contribution >= 0.6 is 0 Å². The lowest BCUT2D eigenvalue weighted by Crippen LogP contribution is -2.17. The van der Waals surface area contributed by atoms with E-state index in [1.165, 1.54) is 12.1 Å². The van der Waals surface area contributed by atoms with Crippen molar-refractivity contribution in [2.45, 2.75) is 13.5 Å². The standard InChI is InChI=1S/C21H19FN4O3/c1-13-24-17(11-20(25-13)23-12-14-4-2-3-5-16(14)22)21(27)26-15-6-7-18-19(10-15)29-9-8-28-18/h2-7,10-11H,8-9,12H2,1H3,(H,26,27)(H,23,24,25). The predicted molar refractivity (Wildman–Crippen MR) is 106 cm³/mol. The summed E-state index contributed by atoms with van der Waals surface area (Å²) in [6.45, 7) is 2.90. The number of carbonyl (C=O) groups excluding carboxylic acids is 1. The zero-order valence-electron chi connectivity index (χ0n) is 15.7. The van der Waals surface area contributed by atoms with Crippen LogP contribution in [0.15, 0.2) is 48.5 Å². The third-order valence-corrected chi connectivity index (χ3v) is 4.29. The summed E-state index contributed by atoms with van der Waals surface area (Å²) in [5.74, 6) is 1.40. The quantitative estimate of drug-likeness (QED) is 0.688. The van der Waals surface area contributed by atoms with Gasteiger partial charge in [0.05, 0.1) is 0 Å². The van der Waals surface area contributed by atoms with Gasteiger partial charge < -0.3 is 20.1 Å². The summed E-state index contributed by atoms with van der Waals surface area (Å²) in [6, 6.07) is 13.2. The molecule has 7 nitrogen and oxygen atoms in total. The molecule has 1 aromatic heterocycles. The van der Waals surface area contributed by atoms with Crippen LogP contribution in [0.5, 0.6) is 11.5 Å². The summed E-state index contributed by atoms with van der Waals surface area (Å²) in [5.41, 5.74) is 1.27. The molecular weight excluding hydrogens is 375 g/mol. The molecule has 0 radical (unpaired) electrons. The highest BCUT2D eigenvalue weighted by atomic mass is 19.1. The Bertz CT molecular complexity index is 1060. The number of rotatable bonds is 5. The van der Waals surface area contributed by atoms with Crippen LogP contribution in [0.1, 0.15) is 21.9 Å². The molecule has 1 aliphatic rings. The molecule has 2 aromatic carbocycles. The smallest absolute Gasteiger partial charge is 0.274 e. The van der Waals surface area contributed by atoms with Crippen molar-refractivity contribution in [1.82, 2.24) is 9.97 Å². The van der Waals surface area contributed by atoms with E-state index in [0.717, 1.165) is 0 Å². The third-order valence-electron chi connectivity index (χ3n) is 4.29. The third kappa shape index (κ3) is 4.43. The van der Waals surface area contributed by atoms with Gasteiger partial charge in [0.15, 0.2) is 11.5 Å². The van der Waals surface area contributed by atoms with E-state index in [1.807, 2.05) is 0 Å². The van der Waals surface area contributed by atoms with E-state index in [0.29, 0.717) is 47.6 Å². The number of aromatic nitrogens is 2. The van der Waals surface area contributed by atoms with Crippen molar-refractivity contribution in [1.29, 1.82) is 0 Å². The molecule has 0 aliphatic carbocycles. The van der Waals surface area contributed by atoms with Crippen LogP contribution < -0.4 is 20.1 Å².